The second-order valence-corrected chi connectivity index (χ2v) is 4.90. The van der Waals surface area contributed by atoms with Crippen molar-refractivity contribution in [3.63, 3.8) is 0 Å². The average Bonchev–Trinajstić information content (AvgIpc) is 2.57. The third kappa shape index (κ3) is 7.46. The summed E-state index contributed by atoms with van der Waals surface area (Å²) < 4.78 is 0. The van der Waals surface area contributed by atoms with Crippen molar-refractivity contribution in [2.75, 3.05) is 14.1 Å². The number of nitrogens with zero attached hydrogens (tertiary/aromatic N) is 2. The third-order valence-electron chi connectivity index (χ3n) is 2.55. The Morgan fingerprint density at radius 3 is 2.04 bits per heavy atom. The molecule has 0 atom stereocenters. The van der Waals surface area contributed by atoms with Crippen molar-refractivity contribution in [2.24, 2.45) is 15.9 Å². The van der Waals surface area contributed by atoms with Gasteiger partial charge in [-0.1, -0.05) is 12.1 Å². The smallest absolute Gasteiger partial charge is 0.248 e. The van der Waals surface area contributed by atoms with Gasteiger partial charge < -0.3 is 16.4 Å². The first-order valence-electron chi connectivity index (χ1n) is 6.44. The molecule has 1 amide bonds. The molecule has 1 rings (SSSR count). The Balaban J connectivity index is 0.00000529. The van der Waals surface area contributed by atoms with Gasteiger partial charge in [-0.25, -0.2) is 0 Å². The van der Waals surface area contributed by atoms with Crippen LogP contribution in [-0.4, -0.2) is 42.2 Å². The van der Waals surface area contributed by atoms with E-state index in [1.807, 2.05) is 0 Å². The molecule has 0 aliphatic heterocycles. The van der Waals surface area contributed by atoms with E-state index in [1.54, 1.807) is 38.4 Å². The first kappa shape index (κ1) is 21.9. The third-order valence-corrected chi connectivity index (χ3v) is 3.14. The SMILES string of the molecule is CNC(=S)NN=CC(=NNC(=S)NC)c1ccc(C(N)=O)cc1.[Cu]. The van der Waals surface area contributed by atoms with Crippen LogP contribution in [0.15, 0.2) is 34.5 Å². The number of thiocarbonyl (C=S) groups is 2. The molecule has 133 valence electrons. The molecular weight excluding hydrogens is 398 g/mol. The molecule has 0 aliphatic carbocycles. The number of primary amides is 1. The van der Waals surface area contributed by atoms with E-state index < -0.39 is 5.91 Å². The van der Waals surface area contributed by atoms with Gasteiger partial charge in [0.1, 0.15) is 5.71 Å². The molecule has 6 N–H and O–H groups in total. The van der Waals surface area contributed by atoms with E-state index in [1.165, 1.54) is 6.21 Å². The molecule has 1 aromatic carbocycles. The Morgan fingerprint density at radius 1 is 1.04 bits per heavy atom. The van der Waals surface area contributed by atoms with Crippen molar-refractivity contribution in [3.8, 4) is 0 Å². The first-order valence-corrected chi connectivity index (χ1v) is 7.26. The van der Waals surface area contributed by atoms with Gasteiger partial charge in [-0.3, -0.25) is 15.6 Å². The Morgan fingerprint density at radius 2 is 1.54 bits per heavy atom. The number of carbonyl (C=O) groups excluding carboxylic acids is 1. The van der Waals surface area contributed by atoms with Gasteiger partial charge in [0.2, 0.25) is 5.91 Å². The number of rotatable bonds is 5. The van der Waals surface area contributed by atoms with Crippen LogP contribution in [0.25, 0.3) is 0 Å². The number of hydrogen-bond donors (Lipinski definition) is 5. The summed E-state index contributed by atoms with van der Waals surface area (Å²) in [6.07, 6.45) is 1.47. The molecule has 1 aromatic rings. The molecule has 1 radical (unpaired) electrons. The normalized spacial score (nSPS) is 10.5. The summed E-state index contributed by atoms with van der Waals surface area (Å²) in [7, 11) is 3.35. The van der Waals surface area contributed by atoms with Crippen molar-refractivity contribution < 1.29 is 21.9 Å². The summed E-state index contributed by atoms with van der Waals surface area (Å²) in [4.78, 5) is 11.1. The predicted molar refractivity (Wildman–Crippen MR) is 99.6 cm³/mol. The molecule has 0 heterocycles. The number of nitrogens with two attached hydrogens (primary N) is 1. The molecule has 0 saturated heterocycles. The molecule has 0 bridgehead atoms. The molecule has 11 heteroatoms. The maximum absolute atomic E-state index is 11.1. The molecule has 0 fully saturated rings. The topological polar surface area (TPSA) is 116 Å². The molecule has 24 heavy (non-hydrogen) atoms. The van der Waals surface area contributed by atoms with Crippen LogP contribution < -0.4 is 27.2 Å². The van der Waals surface area contributed by atoms with Crippen molar-refractivity contribution in [3.05, 3.63) is 35.4 Å². The number of amides is 1. The van der Waals surface area contributed by atoms with Gasteiger partial charge in [0.25, 0.3) is 0 Å². The van der Waals surface area contributed by atoms with Gasteiger partial charge in [0.15, 0.2) is 10.2 Å². The van der Waals surface area contributed by atoms with Crippen LogP contribution in [0.4, 0.5) is 0 Å². The number of benzene rings is 1. The van der Waals surface area contributed by atoms with E-state index in [9.17, 15) is 4.79 Å². The summed E-state index contributed by atoms with van der Waals surface area (Å²) >= 11 is 9.89. The fourth-order valence-corrected chi connectivity index (χ4v) is 1.45. The maximum atomic E-state index is 11.1. The zero-order valence-electron chi connectivity index (χ0n) is 12.9. The van der Waals surface area contributed by atoms with Crippen LogP contribution in [0.5, 0.6) is 0 Å². The number of nitrogens with one attached hydrogen (secondary N) is 4. The Labute approximate surface area is 161 Å². The standard InChI is InChI=1S/C13H17N7OS2.Cu/c1-15-12(22)19-17-7-10(18-20-13(23)16-2)8-3-5-9(6-4-8)11(14)21;/h3-7H,1-2H3,(H2,14,21)(H2,15,19,22)(H2,16,20,23);. The van der Waals surface area contributed by atoms with E-state index in [0.717, 1.165) is 0 Å². The van der Waals surface area contributed by atoms with Crippen LogP contribution in [0, 0.1) is 0 Å². The van der Waals surface area contributed by atoms with Gasteiger partial charge in [-0.2, -0.15) is 10.2 Å². The Bertz CT molecular complexity index is 646. The van der Waals surface area contributed by atoms with E-state index >= 15 is 0 Å². The molecule has 0 aliphatic rings. The fraction of sp³-hybridized carbons (Fsp3) is 0.154. The van der Waals surface area contributed by atoms with Crippen LogP contribution in [0.2, 0.25) is 0 Å². The summed E-state index contributed by atoms with van der Waals surface area (Å²) in [6, 6.07) is 6.60. The van der Waals surface area contributed by atoms with E-state index in [0.29, 0.717) is 27.1 Å². The number of hydrogen-bond acceptors (Lipinski definition) is 5. The van der Waals surface area contributed by atoms with Crippen LogP contribution >= 0.6 is 24.4 Å². The zero-order chi connectivity index (χ0) is 17.2. The molecule has 0 unspecified atom stereocenters. The Hall–Kier alpha value is -2.07. The second kappa shape index (κ2) is 11.5. The van der Waals surface area contributed by atoms with E-state index in [2.05, 4.69) is 31.7 Å². The number of hydrazone groups is 2. The quantitative estimate of drug-likeness (QED) is 0.194. The second-order valence-electron chi connectivity index (χ2n) is 4.08. The average molecular weight is 415 g/mol. The monoisotopic (exact) mass is 414 g/mol. The van der Waals surface area contributed by atoms with Crippen molar-refractivity contribution in [2.45, 2.75) is 0 Å². The van der Waals surface area contributed by atoms with Crippen molar-refractivity contribution >= 4 is 52.5 Å². The van der Waals surface area contributed by atoms with Gasteiger partial charge in [-0.05, 0) is 36.6 Å². The van der Waals surface area contributed by atoms with E-state index in [4.69, 9.17) is 30.2 Å². The van der Waals surface area contributed by atoms with E-state index in [-0.39, 0.29) is 17.1 Å². The summed E-state index contributed by atoms with van der Waals surface area (Å²) in [5.74, 6) is -0.501. The minimum Gasteiger partial charge on any atom is -0.366 e. The molecular formula is C13H17CuN7OS2. The minimum absolute atomic E-state index is 0. The van der Waals surface area contributed by atoms with Gasteiger partial charge in [0.05, 0.1) is 6.21 Å². The summed E-state index contributed by atoms with van der Waals surface area (Å²) in [6.45, 7) is 0. The predicted octanol–water partition coefficient (Wildman–Crippen LogP) is -0.339. The van der Waals surface area contributed by atoms with Crippen molar-refractivity contribution in [1.82, 2.24) is 21.5 Å². The zero-order valence-corrected chi connectivity index (χ0v) is 15.5. The molecule has 0 saturated carbocycles. The van der Waals surface area contributed by atoms with Crippen LogP contribution in [-0.2, 0) is 17.1 Å². The van der Waals surface area contributed by atoms with Crippen molar-refractivity contribution in [1.29, 1.82) is 0 Å². The fourth-order valence-electron chi connectivity index (χ4n) is 1.35. The molecule has 0 aromatic heterocycles. The molecule has 0 spiro atoms. The Kier molecular flexibility index (Phi) is 10.5. The first-order chi connectivity index (χ1) is 11.0. The largest absolute Gasteiger partial charge is 0.366 e. The van der Waals surface area contributed by atoms with Gasteiger partial charge in [-0.15, -0.1) is 0 Å². The van der Waals surface area contributed by atoms with Crippen LogP contribution in [0.1, 0.15) is 15.9 Å². The minimum atomic E-state index is -0.501. The number of carbonyl (C=O) groups is 1. The van der Waals surface area contributed by atoms with Gasteiger partial charge in [0, 0.05) is 42.3 Å². The summed E-state index contributed by atoms with van der Waals surface area (Å²) in [5.41, 5.74) is 12.1. The summed E-state index contributed by atoms with van der Waals surface area (Å²) in [5, 5.41) is 14.3. The molecule has 8 nitrogen and oxygen atoms in total. The van der Waals surface area contributed by atoms with Gasteiger partial charge >= 0.3 is 0 Å². The van der Waals surface area contributed by atoms with Crippen LogP contribution in [0.3, 0.4) is 0 Å². The maximum Gasteiger partial charge on any atom is 0.248 e.